The fourth-order valence-electron chi connectivity index (χ4n) is 2.15. The van der Waals surface area contributed by atoms with Crippen LogP contribution in [0.15, 0.2) is 22.6 Å². The second kappa shape index (κ2) is 3.35. The maximum Gasteiger partial charge on any atom is 0.212 e. The van der Waals surface area contributed by atoms with Crippen LogP contribution >= 0.6 is 0 Å². The maximum atomic E-state index is 5.76. The average molecular weight is 202 g/mol. The molecule has 2 heterocycles. The molecule has 0 radical (unpaired) electrons. The molecule has 1 aromatic carbocycles. The minimum atomic E-state index is 0.316. The summed E-state index contributed by atoms with van der Waals surface area (Å²) in [6, 6.07) is 6.37. The zero-order chi connectivity index (χ0) is 10.3. The van der Waals surface area contributed by atoms with E-state index in [1.807, 2.05) is 12.1 Å². The first-order chi connectivity index (χ1) is 7.34. The smallest absolute Gasteiger partial charge is 0.212 e. The van der Waals surface area contributed by atoms with E-state index < -0.39 is 0 Å². The van der Waals surface area contributed by atoms with Crippen LogP contribution in [0.25, 0.3) is 11.1 Å². The number of fused-ring (bicyclic) bond motifs is 1. The van der Waals surface area contributed by atoms with E-state index >= 15 is 0 Å². The van der Waals surface area contributed by atoms with Gasteiger partial charge in [-0.2, -0.15) is 0 Å². The molecule has 1 unspecified atom stereocenters. The van der Waals surface area contributed by atoms with Crippen LogP contribution in [-0.4, -0.2) is 11.5 Å². The molecule has 3 rings (SSSR count). The summed E-state index contributed by atoms with van der Waals surface area (Å²) in [4.78, 5) is 4.57. The first-order valence-electron chi connectivity index (χ1n) is 5.44. The molecule has 0 spiro atoms. The number of nitrogens with zero attached hydrogens (tertiary/aromatic N) is 1. The largest absolute Gasteiger partial charge is 0.439 e. The number of nitrogens with one attached hydrogen (secondary N) is 1. The monoisotopic (exact) mass is 202 g/mol. The Labute approximate surface area is 88.5 Å². The summed E-state index contributed by atoms with van der Waals surface area (Å²) in [5.74, 6) is 0.844. The highest BCUT2D eigenvalue weighted by Crippen LogP contribution is 2.27. The van der Waals surface area contributed by atoms with Crippen molar-refractivity contribution in [2.24, 2.45) is 0 Å². The van der Waals surface area contributed by atoms with Gasteiger partial charge in [-0.3, -0.25) is 0 Å². The second-order valence-electron chi connectivity index (χ2n) is 4.12. The van der Waals surface area contributed by atoms with Gasteiger partial charge in [-0.15, -0.1) is 0 Å². The van der Waals surface area contributed by atoms with Gasteiger partial charge in [0.05, 0.1) is 6.04 Å². The Morgan fingerprint density at radius 3 is 3.13 bits per heavy atom. The van der Waals surface area contributed by atoms with Gasteiger partial charge in [0.15, 0.2) is 5.58 Å². The third-order valence-electron chi connectivity index (χ3n) is 3.00. The van der Waals surface area contributed by atoms with Gasteiger partial charge in [0.1, 0.15) is 5.52 Å². The van der Waals surface area contributed by atoms with E-state index in [0.717, 1.165) is 30.0 Å². The van der Waals surface area contributed by atoms with Gasteiger partial charge in [0, 0.05) is 0 Å². The first-order valence-corrected chi connectivity index (χ1v) is 5.44. The number of para-hydroxylation sites is 1. The fourth-order valence-corrected chi connectivity index (χ4v) is 2.15. The molecule has 3 heteroatoms. The number of hydrogen-bond donors (Lipinski definition) is 1. The van der Waals surface area contributed by atoms with E-state index in [1.165, 1.54) is 12.0 Å². The van der Waals surface area contributed by atoms with Crippen molar-refractivity contribution in [1.82, 2.24) is 10.3 Å². The van der Waals surface area contributed by atoms with Crippen molar-refractivity contribution in [3.8, 4) is 0 Å². The predicted octanol–water partition coefficient (Wildman–Crippen LogP) is 2.56. The topological polar surface area (TPSA) is 38.1 Å². The normalized spacial score (nSPS) is 21.3. The molecule has 1 aromatic heterocycles. The maximum absolute atomic E-state index is 5.76. The number of rotatable bonds is 1. The molecule has 15 heavy (non-hydrogen) atoms. The summed E-state index contributed by atoms with van der Waals surface area (Å²) in [6.07, 6.45) is 2.34. The van der Waals surface area contributed by atoms with E-state index in [2.05, 4.69) is 23.3 Å². The standard InChI is InChI=1S/C12H14N2O/c1-8-4-2-6-10-11(8)14-12(15-10)9-5-3-7-13-9/h2,4,6,9,13H,3,5,7H2,1H3. The lowest BCUT2D eigenvalue weighted by atomic mass is 10.2. The van der Waals surface area contributed by atoms with Crippen molar-refractivity contribution in [2.75, 3.05) is 6.54 Å². The van der Waals surface area contributed by atoms with Gasteiger partial charge in [-0.25, -0.2) is 4.98 Å². The molecule has 0 aliphatic carbocycles. The third kappa shape index (κ3) is 1.43. The Hall–Kier alpha value is -1.35. The van der Waals surface area contributed by atoms with Crippen molar-refractivity contribution in [2.45, 2.75) is 25.8 Å². The first kappa shape index (κ1) is 8.92. The van der Waals surface area contributed by atoms with Crippen LogP contribution < -0.4 is 5.32 Å². The zero-order valence-corrected chi connectivity index (χ0v) is 8.79. The Bertz CT molecular complexity index is 483. The number of aryl methyl sites for hydroxylation is 1. The van der Waals surface area contributed by atoms with Crippen LogP contribution in [0.5, 0.6) is 0 Å². The lowest BCUT2D eigenvalue weighted by Gasteiger charge is -2.02. The molecule has 1 aliphatic heterocycles. The van der Waals surface area contributed by atoms with Gasteiger partial charge >= 0.3 is 0 Å². The Kier molecular flexibility index (Phi) is 1.99. The Morgan fingerprint density at radius 1 is 1.47 bits per heavy atom. The quantitative estimate of drug-likeness (QED) is 0.772. The Balaban J connectivity index is 2.09. The lowest BCUT2D eigenvalue weighted by molar-refractivity contribution is 0.452. The van der Waals surface area contributed by atoms with Gasteiger partial charge < -0.3 is 9.73 Å². The molecule has 0 bridgehead atoms. The highest BCUT2D eigenvalue weighted by Gasteiger charge is 2.21. The number of aromatic nitrogens is 1. The number of benzene rings is 1. The van der Waals surface area contributed by atoms with Gasteiger partial charge in [0.25, 0.3) is 0 Å². The van der Waals surface area contributed by atoms with E-state index in [4.69, 9.17) is 4.42 Å². The van der Waals surface area contributed by atoms with Crippen molar-refractivity contribution in [1.29, 1.82) is 0 Å². The van der Waals surface area contributed by atoms with Crippen molar-refractivity contribution in [3.05, 3.63) is 29.7 Å². The zero-order valence-electron chi connectivity index (χ0n) is 8.79. The van der Waals surface area contributed by atoms with E-state index in [1.54, 1.807) is 0 Å². The molecule has 0 amide bonds. The summed E-state index contributed by atoms with van der Waals surface area (Å²) in [6.45, 7) is 3.14. The van der Waals surface area contributed by atoms with Crippen LogP contribution in [0.1, 0.15) is 30.3 Å². The predicted molar refractivity (Wildman–Crippen MR) is 58.7 cm³/mol. The summed E-state index contributed by atoms with van der Waals surface area (Å²) < 4.78 is 5.76. The molecule has 1 atom stereocenters. The molecule has 1 fully saturated rings. The highest BCUT2D eigenvalue weighted by molar-refractivity contribution is 5.76. The minimum Gasteiger partial charge on any atom is -0.439 e. The molecule has 0 saturated carbocycles. The molecule has 3 nitrogen and oxygen atoms in total. The summed E-state index contributed by atoms with van der Waals surface area (Å²) in [7, 11) is 0. The molecule has 2 aromatic rings. The van der Waals surface area contributed by atoms with Gasteiger partial charge in [0.2, 0.25) is 5.89 Å². The summed E-state index contributed by atoms with van der Waals surface area (Å²) in [5.41, 5.74) is 3.08. The number of oxazole rings is 1. The molecular formula is C12H14N2O. The number of hydrogen-bond acceptors (Lipinski definition) is 3. The lowest BCUT2D eigenvalue weighted by Crippen LogP contribution is -2.12. The fraction of sp³-hybridized carbons (Fsp3) is 0.417. The highest BCUT2D eigenvalue weighted by atomic mass is 16.3. The summed E-state index contributed by atoms with van der Waals surface area (Å²) >= 11 is 0. The van der Waals surface area contributed by atoms with E-state index in [-0.39, 0.29) is 0 Å². The molecular weight excluding hydrogens is 188 g/mol. The van der Waals surface area contributed by atoms with Crippen molar-refractivity contribution < 1.29 is 4.42 Å². The van der Waals surface area contributed by atoms with Crippen LogP contribution in [0.3, 0.4) is 0 Å². The second-order valence-corrected chi connectivity index (χ2v) is 4.12. The van der Waals surface area contributed by atoms with Gasteiger partial charge in [-0.1, -0.05) is 12.1 Å². The van der Waals surface area contributed by atoms with Crippen molar-refractivity contribution in [3.63, 3.8) is 0 Å². The van der Waals surface area contributed by atoms with Crippen LogP contribution in [0.2, 0.25) is 0 Å². The molecule has 1 aliphatic rings. The minimum absolute atomic E-state index is 0.316. The van der Waals surface area contributed by atoms with Crippen LogP contribution in [0.4, 0.5) is 0 Å². The average Bonchev–Trinajstić information content (AvgIpc) is 2.86. The molecule has 1 saturated heterocycles. The van der Waals surface area contributed by atoms with Crippen LogP contribution in [0, 0.1) is 6.92 Å². The third-order valence-corrected chi connectivity index (χ3v) is 3.00. The van der Waals surface area contributed by atoms with Crippen LogP contribution in [-0.2, 0) is 0 Å². The summed E-state index contributed by atoms with van der Waals surface area (Å²) in [5, 5.41) is 3.40. The van der Waals surface area contributed by atoms with E-state index in [9.17, 15) is 0 Å². The van der Waals surface area contributed by atoms with Gasteiger partial charge in [-0.05, 0) is 37.9 Å². The van der Waals surface area contributed by atoms with E-state index in [0.29, 0.717) is 6.04 Å². The molecule has 1 N–H and O–H groups in total. The van der Waals surface area contributed by atoms with Crippen molar-refractivity contribution >= 4 is 11.1 Å². The SMILES string of the molecule is Cc1cccc2oc(C3CCCN3)nc12. The molecule has 78 valence electrons. The Morgan fingerprint density at radius 2 is 2.40 bits per heavy atom.